The van der Waals surface area contributed by atoms with Crippen LogP contribution in [0.2, 0.25) is 0 Å². The summed E-state index contributed by atoms with van der Waals surface area (Å²) in [6, 6.07) is 19.2. The van der Waals surface area contributed by atoms with Crippen molar-refractivity contribution in [3.8, 4) is 11.5 Å². The normalized spacial score (nSPS) is 11.1. The summed E-state index contributed by atoms with van der Waals surface area (Å²) >= 11 is 0. The molecule has 0 unspecified atom stereocenters. The number of anilines is 1. The molecule has 0 atom stereocenters. The highest BCUT2D eigenvalue weighted by Gasteiger charge is 2.30. The second-order valence-electron chi connectivity index (χ2n) is 8.06. The summed E-state index contributed by atoms with van der Waals surface area (Å²) in [5, 5.41) is 0. The molecule has 0 saturated carbocycles. The van der Waals surface area contributed by atoms with Crippen molar-refractivity contribution in [3.05, 3.63) is 83.4 Å². The Morgan fingerprint density at radius 1 is 0.853 bits per heavy atom. The summed E-state index contributed by atoms with van der Waals surface area (Å²) in [6.45, 7) is 3.62. The van der Waals surface area contributed by atoms with Crippen LogP contribution in [-0.2, 0) is 21.4 Å². The Morgan fingerprint density at radius 2 is 1.47 bits per heavy atom. The molecule has 0 N–H and O–H groups in total. The molecule has 1 amide bonds. The van der Waals surface area contributed by atoms with Gasteiger partial charge in [-0.1, -0.05) is 42.0 Å². The first kappa shape index (κ1) is 25.1. The SMILES string of the molecule is COc1ccccc1CN(C)C(=O)CN(c1cc(C)ccc1OC)S(=O)(=O)c1ccc(C)cc1. The molecule has 0 aliphatic rings. The predicted octanol–water partition coefficient (Wildman–Crippen LogP) is 4.17. The van der Waals surface area contributed by atoms with Crippen LogP contribution in [0.3, 0.4) is 0 Å². The van der Waals surface area contributed by atoms with E-state index in [0.717, 1.165) is 21.0 Å². The standard InChI is InChI=1S/C26H30N2O5S/c1-19-10-13-22(14-11-19)34(30,31)28(23-16-20(2)12-15-25(23)33-5)18-26(29)27(3)17-21-8-6-7-9-24(21)32-4/h6-16H,17-18H2,1-5H3. The van der Waals surface area contributed by atoms with Gasteiger partial charge in [-0.05, 0) is 49.7 Å². The zero-order valence-electron chi connectivity index (χ0n) is 20.1. The van der Waals surface area contributed by atoms with Gasteiger partial charge in [-0.3, -0.25) is 9.10 Å². The van der Waals surface area contributed by atoms with E-state index in [1.165, 1.54) is 12.0 Å². The lowest BCUT2D eigenvalue weighted by Crippen LogP contribution is -2.41. The Kier molecular flexibility index (Phi) is 7.83. The Morgan fingerprint density at radius 3 is 2.12 bits per heavy atom. The minimum atomic E-state index is -4.05. The summed E-state index contributed by atoms with van der Waals surface area (Å²) in [6.07, 6.45) is 0. The minimum absolute atomic E-state index is 0.0989. The van der Waals surface area contributed by atoms with E-state index in [2.05, 4.69) is 0 Å². The van der Waals surface area contributed by atoms with Crippen molar-refractivity contribution < 1.29 is 22.7 Å². The lowest BCUT2D eigenvalue weighted by molar-refractivity contribution is -0.128. The van der Waals surface area contributed by atoms with Crippen molar-refractivity contribution in [2.75, 3.05) is 32.1 Å². The summed E-state index contributed by atoms with van der Waals surface area (Å²) in [4.78, 5) is 14.9. The van der Waals surface area contributed by atoms with E-state index in [1.807, 2.05) is 44.2 Å². The van der Waals surface area contributed by atoms with E-state index in [-0.39, 0.29) is 23.9 Å². The lowest BCUT2D eigenvalue weighted by atomic mass is 10.2. The number of amides is 1. The maximum absolute atomic E-state index is 13.7. The Bertz CT molecular complexity index is 1260. The van der Waals surface area contributed by atoms with Gasteiger partial charge < -0.3 is 14.4 Å². The number of sulfonamides is 1. The number of carbonyl (C=O) groups excluding carboxylic acids is 1. The van der Waals surface area contributed by atoms with Crippen LogP contribution in [0.15, 0.2) is 71.6 Å². The van der Waals surface area contributed by atoms with Gasteiger partial charge in [0, 0.05) is 19.2 Å². The third-order valence-corrected chi connectivity index (χ3v) is 7.29. The van der Waals surface area contributed by atoms with Crippen molar-refractivity contribution in [1.29, 1.82) is 0 Å². The van der Waals surface area contributed by atoms with Gasteiger partial charge in [0.15, 0.2) is 0 Å². The zero-order valence-corrected chi connectivity index (χ0v) is 20.9. The number of ether oxygens (including phenoxy) is 2. The number of hydrogen-bond donors (Lipinski definition) is 0. The molecule has 0 spiro atoms. The molecule has 3 aromatic carbocycles. The molecular weight excluding hydrogens is 452 g/mol. The number of rotatable bonds is 9. The van der Waals surface area contributed by atoms with Gasteiger partial charge in [-0.25, -0.2) is 8.42 Å². The molecule has 7 nitrogen and oxygen atoms in total. The van der Waals surface area contributed by atoms with Gasteiger partial charge in [0.2, 0.25) is 5.91 Å². The fourth-order valence-electron chi connectivity index (χ4n) is 3.55. The Balaban J connectivity index is 2.00. The number of para-hydroxylation sites is 1. The van der Waals surface area contributed by atoms with Crippen LogP contribution in [-0.4, -0.2) is 47.0 Å². The van der Waals surface area contributed by atoms with Crippen molar-refractivity contribution in [2.45, 2.75) is 25.3 Å². The maximum atomic E-state index is 13.7. The lowest BCUT2D eigenvalue weighted by Gasteiger charge is -2.28. The second kappa shape index (κ2) is 10.6. The molecule has 0 fully saturated rings. The van der Waals surface area contributed by atoms with Gasteiger partial charge in [0.05, 0.1) is 24.8 Å². The molecule has 0 aliphatic heterocycles. The average molecular weight is 483 g/mol. The molecule has 3 aromatic rings. The number of aryl methyl sites for hydroxylation is 2. The number of nitrogens with zero attached hydrogens (tertiary/aromatic N) is 2. The van der Waals surface area contributed by atoms with Crippen LogP contribution in [0, 0.1) is 13.8 Å². The summed E-state index contributed by atoms with van der Waals surface area (Å²) in [5.74, 6) is 0.651. The number of hydrogen-bond acceptors (Lipinski definition) is 5. The fraction of sp³-hybridized carbons (Fsp3) is 0.269. The van der Waals surface area contributed by atoms with Crippen LogP contribution < -0.4 is 13.8 Å². The quantitative estimate of drug-likeness (QED) is 0.458. The van der Waals surface area contributed by atoms with Crippen LogP contribution in [0.25, 0.3) is 0 Å². The fourth-order valence-corrected chi connectivity index (χ4v) is 4.97. The average Bonchev–Trinajstić information content (AvgIpc) is 2.82. The van der Waals surface area contributed by atoms with Crippen molar-refractivity contribution in [1.82, 2.24) is 4.90 Å². The molecule has 180 valence electrons. The van der Waals surface area contributed by atoms with Crippen molar-refractivity contribution in [3.63, 3.8) is 0 Å². The molecule has 0 aromatic heterocycles. The highest BCUT2D eigenvalue weighted by Crippen LogP contribution is 2.33. The van der Waals surface area contributed by atoms with Gasteiger partial charge in [-0.15, -0.1) is 0 Å². The number of carbonyl (C=O) groups is 1. The van der Waals surface area contributed by atoms with Crippen molar-refractivity contribution in [2.24, 2.45) is 0 Å². The molecule has 0 heterocycles. The van der Waals surface area contributed by atoms with Gasteiger partial charge in [0.1, 0.15) is 18.0 Å². The Labute approximate surface area is 201 Å². The van der Waals surface area contributed by atoms with Gasteiger partial charge in [-0.2, -0.15) is 0 Å². The largest absolute Gasteiger partial charge is 0.496 e. The van der Waals surface area contributed by atoms with Gasteiger partial charge in [0.25, 0.3) is 10.0 Å². The first-order chi connectivity index (χ1) is 16.2. The molecule has 34 heavy (non-hydrogen) atoms. The number of benzene rings is 3. The van der Waals surface area contributed by atoms with E-state index in [1.54, 1.807) is 50.6 Å². The summed E-state index contributed by atoms with van der Waals surface area (Å²) in [5.41, 5.74) is 2.91. The molecule has 8 heteroatoms. The van der Waals surface area contributed by atoms with E-state index < -0.39 is 10.0 Å². The minimum Gasteiger partial charge on any atom is -0.496 e. The summed E-state index contributed by atoms with van der Waals surface area (Å²) < 4.78 is 39.4. The molecule has 0 saturated heterocycles. The topological polar surface area (TPSA) is 76.2 Å². The first-order valence-corrected chi connectivity index (χ1v) is 12.2. The first-order valence-electron chi connectivity index (χ1n) is 10.8. The highest BCUT2D eigenvalue weighted by molar-refractivity contribution is 7.92. The molecular formula is C26H30N2O5S. The van der Waals surface area contributed by atoms with Crippen LogP contribution in [0.5, 0.6) is 11.5 Å². The highest BCUT2D eigenvalue weighted by atomic mass is 32.2. The molecule has 0 bridgehead atoms. The monoisotopic (exact) mass is 482 g/mol. The third kappa shape index (κ3) is 5.51. The molecule has 0 radical (unpaired) electrons. The predicted molar refractivity (Wildman–Crippen MR) is 133 cm³/mol. The third-order valence-electron chi connectivity index (χ3n) is 5.52. The molecule has 0 aliphatic carbocycles. The van der Waals surface area contributed by atoms with Crippen LogP contribution in [0.4, 0.5) is 5.69 Å². The smallest absolute Gasteiger partial charge is 0.264 e. The van der Waals surface area contributed by atoms with E-state index >= 15 is 0 Å². The van der Waals surface area contributed by atoms with Crippen LogP contribution >= 0.6 is 0 Å². The van der Waals surface area contributed by atoms with Gasteiger partial charge >= 0.3 is 0 Å². The summed E-state index contributed by atoms with van der Waals surface area (Å²) in [7, 11) is 0.627. The van der Waals surface area contributed by atoms with Crippen molar-refractivity contribution >= 4 is 21.6 Å². The van der Waals surface area contributed by atoms with E-state index in [4.69, 9.17) is 9.47 Å². The van der Waals surface area contributed by atoms with E-state index in [9.17, 15) is 13.2 Å². The molecule has 3 rings (SSSR count). The Hall–Kier alpha value is -3.52. The second-order valence-corrected chi connectivity index (χ2v) is 9.92. The zero-order chi connectivity index (χ0) is 24.9. The maximum Gasteiger partial charge on any atom is 0.264 e. The van der Waals surface area contributed by atoms with Crippen LogP contribution in [0.1, 0.15) is 16.7 Å². The number of likely N-dealkylation sites (N-methyl/N-ethyl adjacent to an activating group) is 1. The number of methoxy groups -OCH3 is 2. The van der Waals surface area contributed by atoms with E-state index in [0.29, 0.717) is 17.2 Å².